The van der Waals surface area contributed by atoms with Crippen molar-refractivity contribution in [3.63, 3.8) is 0 Å². The summed E-state index contributed by atoms with van der Waals surface area (Å²) in [7, 11) is 0. The molecular weight excluding hydrogens is 194 g/mol. The van der Waals surface area contributed by atoms with Crippen LogP contribution in [0.15, 0.2) is 30.3 Å². The summed E-state index contributed by atoms with van der Waals surface area (Å²) < 4.78 is 0. The number of carbonyl (C=O) groups excluding carboxylic acids is 1. The summed E-state index contributed by atoms with van der Waals surface area (Å²) in [4.78, 5) is 21.3. The van der Waals surface area contributed by atoms with Crippen molar-refractivity contribution < 1.29 is 14.7 Å². The van der Waals surface area contributed by atoms with Crippen LogP contribution in [0.4, 0.5) is 0 Å². The van der Waals surface area contributed by atoms with Gasteiger partial charge < -0.3 is 10.4 Å². The van der Waals surface area contributed by atoms with Crippen molar-refractivity contribution in [3.05, 3.63) is 35.9 Å². The van der Waals surface area contributed by atoms with Gasteiger partial charge in [-0.1, -0.05) is 30.3 Å². The lowest BCUT2D eigenvalue weighted by Gasteiger charge is -2.23. The number of carbonyl (C=O) groups is 2. The predicted octanol–water partition coefficient (Wildman–Crippen LogP) is 0.818. The van der Waals surface area contributed by atoms with Crippen molar-refractivity contribution >= 4 is 12.4 Å². The van der Waals surface area contributed by atoms with Crippen LogP contribution in [-0.4, -0.2) is 23.0 Å². The molecule has 0 aliphatic rings. The zero-order valence-corrected chi connectivity index (χ0v) is 8.43. The zero-order chi connectivity index (χ0) is 11.3. The second kappa shape index (κ2) is 4.59. The maximum atomic E-state index is 11.0. The van der Waals surface area contributed by atoms with E-state index in [0.29, 0.717) is 6.41 Å². The summed E-state index contributed by atoms with van der Waals surface area (Å²) >= 11 is 0. The van der Waals surface area contributed by atoms with E-state index in [1.54, 1.807) is 0 Å². The van der Waals surface area contributed by atoms with Crippen molar-refractivity contribution in [1.82, 2.24) is 5.32 Å². The minimum absolute atomic E-state index is 0.266. The molecule has 80 valence electrons. The van der Waals surface area contributed by atoms with Gasteiger partial charge in [-0.2, -0.15) is 0 Å². The molecule has 0 unspecified atom stereocenters. The molecule has 0 saturated carbocycles. The lowest BCUT2D eigenvalue weighted by molar-refractivity contribution is -0.145. The number of amides is 1. The maximum Gasteiger partial charge on any atom is 0.329 e. The van der Waals surface area contributed by atoms with Crippen LogP contribution in [0.3, 0.4) is 0 Å². The Balaban J connectivity index is 2.84. The highest BCUT2D eigenvalue weighted by Crippen LogP contribution is 2.12. The van der Waals surface area contributed by atoms with Crippen LogP contribution in [0.25, 0.3) is 0 Å². The van der Waals surface area contributed by atoms with E-state index in [0.717, 1.165) is 5.56 Å². The Morgan fingerprint density at radius 2 is 2.07 bits per heavy atom. The molecule has 1 aromatic rings. The van der Waals surface area contributed by atoms with Gasteiger partial charge in [0.2, 0.25) is 6.41 Å². The van der Waals surface area contributed by atoms with E-state index in [1.165, 1.54) is 6.92 Å². The van der Waals surface area contributed by atoms with Gasteiger partial charge in [0.15, 0.2) is 0 Å². The Morgan fingerprint density at radius 3 is 2.53 bits per heavy atom. The minimum atomic E-state index is -1.25. The number of benzene rings is 1. The highest BCUT2D eigenvalue weighted by atomic mass is 16.4. The van der Waals surface area contributed by atoms with Crippen LogP contribution in [-0.2, 0) is 16.0 Å². The number of rotatable bonds is 5. The molecule has 0 aromatic heterocycles. The molecule has 1 aromatic carbocycles. The monoisotopic (exact) mass is 207 g/mol. The second-order valence-corrected chi connectivity index (χ2v) is 3.56. The number of nitrogens with one attached hydrogen (secondary N) is 1. The van der Waals surface area contributed by atoms with E-state index in [9.17, 15) is 9.59 Å². The third-order valence-electron chi connectivity index (χ3n) is 2.25. The molecule has 0 saturated heterocycles. The molecular formula is C11H13NO3. The van der Waals surface area contributed by atoms with Gasteiger partial charge in [-0.3, -0.25) is 4.79 Å². The van der Waals surface area contributed by atoms with Gasteiger partial charge in [0.25, 0.3) is 0 Å². The Hall–Kier alpha value is -1.84. The molecule has 15 heavy (non-hydrogen) atoms. The summed E-state index contributed by atoms with van der Waals surface area (Å²) in [6.45, 7) is 1.48. The summed E-state index contributed by atoms with van der Waals surface area (Å²) in [6.07, 6.45) is 0.680. The highest BCUT2D eigenvalue weighted by molar-refractivity contribution is 5.81. The van der Waals surface area contributed by atoms with Crippen molar-refractivity contribution in [1.29, 1.82) is 0 Å². The normalized spacial score (nSPS) is 13.9. The average molecular weight is 207 g/mol. The van der Waals surface area contributed by atoms with Gasteiger partial charge in [-0.05, 0) is 12.5 Å². The third-order valence-corrected chi connectivity index (χ3v) is 2.25. The largest absolute Gasteiger partial charge is 0.480 e. The van der Waals surface area contributed by atoms with E-state index in [2.05, 4.69) is 5.32 Å². The molecule has 1 amide bonds. The first-order valence-corrected chi connectivity index (χ1v) is 4.57. The number of hydrogen-bond donors (Lipinski definition) is 2. The Morgan fingerprint density at radius 1 is 1.47 bits per heavy atom. The standard InChI is InChI=1S/C11H13NO3/c1-11(10(14)15,12-8-13)7-9-5-3-2-4-6-9/h2-6,8H,7H2,1H3,(H,12,13)(H,14,15)/t11-/m0/s1. The molecule has 0 radical (unpaired) electrons. The first-order valence-electron chi connectivity index (χ1n) is 4.57. The SMILES string of the molecule is C[C@@](Cc1ccccc1)(NC=O)C(=O)O. The van der Waals surface area contributed by atoms with Gasteiger partial charge >= 0.3 is 5.97 Å². The Bertz CT molecular complexity index is 350. The topological polar surface area (TPSA) is 66.4 Å². The summed E-state index contributed by atoms with van der Waals surface area (Å²) in [6, 6.07) is 9.17. The molecule has 4 heteroatoms. The molecule has 0 heterocycles. The Kier molecular flexibility index (Phi) is 3.44. The van der Waals surface area contributed by atoms with E-state index >= 15 is 0 Å². The quantitative estimate of drug-likeness (QED) is 0.702. The van der Waals surface area contributed by atoms with Gasteiger partial charge in [0.1, 0.15) is 5.54 Å². The fourth-order valence-electron chi connectivity index (χ4n) is 1.32. The highest BCUT2D eigenvalue weighted by Gasteiger charge is 2.32. The van der Waals surface area contributed by atoms with Crippen LogP contribution in [0, 0.1) is 0 Å². The van der Waals surface area contributed by atoms with Crippen molar-refractivity contribution in [2.75, 3.05) is 0 Å². The van der Waals surface area contributed by atoms with Crippen LogP contribution >= 0.6 is 0 Å². The number of hydrogen-bond acceptors (Lipinski definition) is 2. The van der Waals surface area contributed by atoms with Gasteiger partial charge in [0, 0.05) is 6.42 Å². The van der Waals surface area contributed by atoms with Gasteiger partial charge in [-0.25, -0.2) is 4.79 Å². The average Bonchev–Trinajstić information content (AvgIpc) is 2.19. The molecule has 4 nitrogen and oxygen atoms in total. The fourth-order valence-corrected chi connectivity index (χ4v) is 1.32. The summed E-state index contributed by atoms with van der Waals surface area (Å²) in [5, 5.41) is 11.3. The van der Waals surface area contributed by atoms with Crippen LogP contribution in [0.2, 0.25) is 0 Å². The minimum Gasteiger partial charge on any atom is -0.480 e. The van der Waals surface area contributed by atoms with Gasteiger partial charge in [-0.15, -0.1) is 0 Å². The number of carboxylic acids is 1. The van der Waals surface area contributed by atoms with E-state index in [4.69, 9.17) is 5.11 Å². The van der Waals surface area contributed by atoms with Crippen molar-refractivity contribution in [3.8, 4) is 0 Å². The third kappa shape index (κ3) is 2.80. The molecule has 0 bridgehead atoms. The molecule has 0 fully saturated rings. The molecule has 1 atom stereocenters. The molecule has 0 aliphatic heterocycles. The van der Waals surface area contributed by atoms with Crippen LogP contribution < -0.4 is 5.32 Å². The number of aliphatic carboxylic acids is 1. The van der Waals surface area contributed by atoms with Crippen LogP contribution in [0.5, 0.6) is 0 Å². The lowest BCUT2D eigenvalue weighted by atomic mass is 9.93. The fraction of sp³-hybridized carbons (Fsp3) is 0.273. The van der Waals surface area contributed by atoms with E-state index in [1.807, 2.05) is 30.3 Å². The van der Waals surface area contributed by atoms with E-state index in [-0.39, 0.29) is 6.42 Å². The smallest absolute Gasteiger partial charge is 0.329 e. The van der Waals surface area contributed by atoms with Crippen molar-refractivity contribution in [2.45, 2.75) is 18.9 Å². The lowest BCUT2D eigenvalue weighted by Crippen LogP contribution is -2.50. The number of carboxylic acid groups (broad SMARTS) is 1. The summed E-state index contributed by atoms with van der Waals surface area (Å²) in [5.41, 5.74) is -0.375. The van der Waals surface area contributed by atoms with Gasteiger partial charge in [0.05, 0.1) is 0 Å². The van der Waals surface area contributed by atoms with Crippen LogP contribution in [0.1, 0.15) is 12.5 Å². The maximum absolute atomic E-state index is 11.0. The first kappa shape index (κ1) is 11.2. The Labute approximate surface area is 87.9 Å². The molecule has 0 aliphatic carbocycles. The van der Waals surface area contributed by atoms with Crippen molar-refractivity contribution in [2.24, 2.45) is 0 Å². The second-order valence-electron chi connectivity index (χ2n) is 3.56. The first-order chi connectivity index (χ1) is 7.08. The molecule has 1 rings (SSSR count). The van der Waals surface area contributed by atoms with E-state index < -0.39 is 11.5 Å². The summed E-state index contributed by atoms with van der Waals surface area (Å²) in [5.74, 6) is -1.04. The molecule has 0 spiro atoms. The zero-order valence-electron chi connectivity index (χ0n) is 8.43. The predicted molar refractivity (Wildman–Crippen MR) is 55.4 cm³/mol. The molecule has 2 N–H and O–H groups in total.